The lowest BCUT2D eigenvalue weighted by molar-refractivity contribution is 0.0260. The number of carbonyl (C=O) groups excluding carboxylic acids is 1. The van der Waals surface area contributed by atoms with Crippen molar-refractivity contribution in [1.29, 1.82) is 0 Å². The topological polar surface area (TPSA) is 36.0 Å². The van der Waals surface area contributed by atoms with Crippen LogP contribution in [0.15, 0.2) is 0 Å². The number of piperazine rings is 1. The molecule has 0 bridgehead atoms. The van der Waals surface area contributed by atoms with Crippen LogP contribution in [0.5, 0.6) is 0 Å². The predicted octanol–water partition coefficient (Wildman–Crippen LogP) is 1.78. The van der Waals surface area contributed by atoms with E-state index in [2.05, 4.69) is 9.80 Å². The number of hydrogen-bond acceptors (Lipinski definition) is 4. The molecule has 0 N–H and O–H groups in total. The van der Waals surface area contributed by atoms with Gasteiger partial charge in [0, 0.05) is 44.8 Å². The Labute approximate surface area is 128 Å². The maximum absolute atomic E-state index is 12.1. The summed E-state index contributed by atoms with van der Waals surface area (Å²) in [5.74, 6) is 0. The van der Waals surface area contributed by atoms with Gasteiger partial charge in [0.1, 0.15) is 5.60 Å². The largest absolute Gasteiger partial charge is 0.444 e. The molecule has 5 heteroatoms. The van der Waals surface area contributed by atoms with Crippen molar-refractivity contribution in [3.8, 4) is 0 Å². The predicted molar refractivity (Wildman–Crippen MR) is 82.4 cm³/mol. The molecule has 0 saturated carbocycles. The summed E-state index contributed by atoms with van der Waals surface area (Å²) >= 11 is 0. The van der Waals surface area contributed by atoms with Crippen LogP contribution in [0.2, 0.25) is 0 Å². The lowest BCUT2D eigenvalue weighted by atomic mass is 10.1. The highest BCUT2D eigenvalue weighted by molar-refractivity contribution is 5.68. The monoisotopic (exact) mass is 295 g/mol. The van der Waals surface area contributed by atoms with E-state index < -0.39 is 5.60 Å². The van der Waals surface area contributed by atoms with Gasteiger partial charge in [0.2, 0.25) is 0 Å². The van der Waals surface area contributed by atoms with Gasteiger partial charge in [-0.1, -0.05) is 0 Å². The number of amides is 1. The third kappa shape index (κ3) is 3.51. The molecule has 3 heterocycles. The molecule has 0 aromatic carbocycles. The number of rotatable bonds is 1. The fourth-order valence-electron chi connectivity index (χ4n) is 3.88. The van der Waals surface area contributed by atoms with Crippen molar-refractivity contribution in [1.82, 2.24) is 14.7 Å². The smallest absolute Gasteiger partial charge is 0.410 e. The first-order valence-corrected chi connectivity index (χ1v) is 8.38. The normalized spacial score (nSPS) is 31.5. The lowest BCUT2D eigenvalue weighted by Crippen LogP contribution is -2.54. The van der Waals surface area contributed by atoms with Crippen LogP contribution in [0.4, 0.5) is 4.79 Å². The molecule has 1 amide bonds. The van der Waals surface area contributed by atoms with E-state index in [-0.39, 0.29) is 6.09 Å². The summed E-state index contributed by atoms with van der Waals surface area (Å²) < 4.78 is 5.49. The number of ether oxygens (including phenoxy) is 1. The van der Waals surface area contributed by atoms with Gasteiger partial charge < -0.3 is 9.64 Å². The van der Waals surface area contributed by atoms with Crippen LogP contribution >= 0.6 is 0 Å². The van der Waals surface area contributed by atoms with Crippen molar-refractivity contribution in [3.05, 3.63) is 0 Å². The molecule has 2 atom stereocenters. The first-order valence-electron chi connectivity index (χ1n) is 8.38. The summed E-state index contributed by atoms with van der Waals surface area (Å²) in [4.78, 5) is 19.3. The Morgan fingerprint density at radius 2 is 1.67 bits per heavy atom. The van der Waals surface area contributed by atoms with E-state index in [4.69, 9.17) is 4.74 Å². The van der Waals surface area contributed by atoms with Crippen LogP contribution in [-0.4, -0.2) is 77.7 Å². The Kier molecular flexibility index (Phi) is 4.14. The minimum atomic E-state index is -0.398. The fourth-order valence-corrected chi connectivity index (χ4v) is 3.88. The SMILES string of the molecule is CC(C)(C)OC(=O)N1CC[C@@H](N2CCN3CCC[C@@H]3C2)C1. The van der Waals surface area contributed by atoms with E-state index in [1.54, 1.807) is 0 Å². The van der Waals surface area contributed by atoms with E-state index in [1.165, 1.54) is 32.5 Å². The lowest BCUT2D eigenvalue weighted by Gasteiger charge is -2.40. The second-order valence-corrected chi connectivity index (χ2v) is 7.70. The highest BCUT2D eigenvalue weighted by Crippen LogP contribution is 2.26. The van der Waals surface area contributed by atoms with Crippen LogP contribution in [0.25, 0.3) is 0 Å². The average molecular weight is 295 g/mol. The van der Waals surface area contributed by atoms with Crippen molar-refractivity contribution >= 4 is 6.09 Å². The highest BCUT2D eigenvalue weighted by Gasteiger charge is 2.37. The van der Waals surface area contributed by atoms with Crippen LogP contribution in [0.3, 0.4) is 0 Å². The molecule has 21 heavy (non-hydrogen) atoms. The molecule has 0 radical (unpaired) electrons. The molecule has 5 nitrogen and oxygen atoms in total. The maximum Gasteiger partial charge on any atom is 0.410 e. The maximum atomic E-state index is 12.1. The summed E-state index contributed by atoms with van der Waals surface area (Å²) in [7, 11) is 0. The van der Waals surface area contributed by atoms with Gasteiger partial charge in [-0.15, -0.1) is 0 Å². The Morgan fingerprint density at radius 3 is 2.43 bits per heavy atom. The molecule has 3 aliphatic heterocycles. The molecule has 0 aromatic rings. The van der Waals surface area contributed by atoms with Gasteiger partial charge in [-0.3, -0.25) is 9.80 Å². The highest BCUT2D eigenvalue weighted by atomic mass is 16.6. The van der Waals surface area contributed by atoms with Gasteiger partial charge in [-0.05, 0) is 46.6 Å². The van der Waals surface area contributed by atoms with Gasteiger partial charge in [-0.25, -0.2) is 4.79 Å². The van der Waals surface area contributed by atoms with Crippen molar-refractivity contribution < 1.29 is 9.53 Å². The molecule has 0 unspecified atom stereocenters. The van der Waals surface area contributed by atoms with Crippen molar-refractivity contribution in [2.24, 2.45) is 0 Å². The Hall–Kier alpha value is -0.810. The van der Waals surface area contributed by atoms with Crippen molar-refractivity contribution in [2.75, 3.05) is 39.3 Å². The molecule has 0 aliphatic carbocycles. The molecular weight excluding hydrogens is 266 g/mol. The Bertz CT molecular complexity index is 393. The van der Waals surface area contributed by atoms with Crippen molar-refractivity contribution in [2.45, 2.75) is 57.7 Å². The van der Waals surface area contributed by atoms with Crippen LogP contribution in [-0.2, 0) is 4.74 Å². The summed E-state index contributed by atoms with van der Waals surface area (Å²) in [5.41, 5.74) is -0.398. The zero-order valence-electron chi connectivity index (χ0n) is 13.7. The van der Waals surface area contributed by atoms with Crippen LogP contribution in [0, 0.1) is 0 Å². The summed E-state index contributed by atoms with van der Waals surface area (Å²) in [6.07, 6.45) is 3.64. The fraction of sp³-hybridized carbons (Fsp3) is 0.938. The van der Waals surface area contributed by atoms with Gasteiger partial charge in [0.25, 0.3) is 0 Å². The van der Waals surface area contributed by atoms with E-state index >= 15 is 0 Å². The first kappa shape index (κ1) is 15.1. The van der Waals surface area contributed by atoms with E-state index in [0.717, 1.165) is 32.1 Å². The van der Waals surface area contributed by atoms with Gasteiger partial charge in [0.15, 0.2) is 0 Å². The average Bonchev–Trinajstić information content (AvgIpc) is 3.05. The van der Waals surface area contributed by atoms with E-state index in [1.807, 2.05) is 25.7 Å². The number of hydrogen-bond donors (Lipinski definition) is 0. The molecule has 3 rings (SSSR count). The van der Waals surface area contributed by atoms with Gasteiger partial charge >= 0.3 is 6.09 Å². The van der Waals surface area contributed by atoms with Crippen LogP contribution < -0.4 is 0 Å². The second-order valence-electron chi connectivity index (χ2n) is 7.70. The van der Waals surface area contributed by atoms with Gasteiger partial charge in [-0.2, -0.15) is 0 Å². The Morgan fingerprint density at radius 1 is 0.952 bits per heavy atom. The molecule has 3 saturated heterocycles. The molecule has 0 aromatic heterocycles. The van der Waals surface area contributed by atoms with Gasteiger partial charge in [0.05, 0.1) is 0 Å². The standard InChI is InChI=1S/C16H29N3O2/c1-16(2,3)21-15(20)19-8-6-14(12-19)18-10-9-17-7-4-5-13(17)11-18/h13-14H,4-12H2,1-3H3/t13-,14-/m1/s1. The third-order valence-corrected chi connectivity index (χ3v) is 4.95. The minimum absolute atomic E-state index is 0.149. The summed E-state index contributed by atoms with van der Waals surface area (Å²) in [6, 6.07) is 1.29. The summed E-state index contributed by atoms with van der Waals surface area (Å²) in [5, 5.41) is 0. The first-order chi connectivity index (χ1) is 9.92. The number of fused-ring (bicyclic) bond motifs is 1. The van der Waals surface area contributed by atoms with E-state index in [9.17, 15) is 4.79 Å². The number of carbonyl (C=O) groups is 1. The van der Waals surface area contributed by atoms with Crippen LogP contribution in [0.1, 0.15) is 40.0 Å². The number of nitrogens with zero attached hydrogens (tertiary/aromatic N) is 3. The third-order valence-electron chi connectivity index (χ3n) is 4.95. The zero-order chi connectivity index (χ0) is 15.0. The number of likely N-dealkylation sites (tertiary alicyclic amines) is 1. The molecule has 3 aliphatic rings. The Balaban J connectivity index is 1.51. The molecule has 0 spiro atoms. The molecular formula is C16H29N3O2. The quantitative estimate of drug-likeness (QED) is 0.739. The van der Waals surface area contributed by atoms with Crippen molar-refractivity contribution in [3.63, 3.8) is 0 Å². The molecule has 3 fully saturated rings. The zero-order valence-corrected chi connectivity index (χ0v) is 13.7. The molecule has 120 valence electrons. The minimum Gasteiger partial charge on any atom is -0.444 e. The second kappa shape index (κ2) is 5.76. The van der Waals surface area contributed by atoms with E-state index in [0.29, 0.717) is 6.04 Å². The summed E-state index contributed by atoms with van der Waals surface area (Å²) in [6.45, 7) is 12.3.